The highest BCUT2D eigenvalue weighted by atomic mass is 79.9. The van der Waals surface area contributed by atoms with Gasteiger partial charge in [-0.3, -0.25) is 9.78 Å². The number of nitrogens with zero attached hydrogens (tertiary/aromatic N) is 5. The third kappa shape index (κ3) is 3.18. The Morgan fingerprint density at radius 1 is 1.14 bits per heavy atom. The molecular formula is C14H14BrN5O. The number of halogens is 1. The molecule has 0 N–H and O–H groups in total. The Balaban J connectivity index is 1.64. The molecule has 0 spiro atoms. The molecule has 0 unspecified atom stereocenters. The zero-order valence-corrected chi connectivity index (χ0v) is 12.9. The minimum absolute atomic E-state index is 0.0323. The first kappa shape index (κ1) is 13.9. The van der Waals surface area contributed by atoms with Crippen LogP contribution < -0.4 is 4.90 Å². The van der Waals surface area contributed by atoms with Gasteiger partial charge in [-0.05, 0) is 28.1 Å². The lowest BCUT2D eigenvalue weighted by atomic mass is 10.2. The predicted octanol–water partition coefficient (Wildman–Crippen LogP) is 1.60. The van der Waals surface area contributed by atoms with Gasteiger partial charge in [-0.1, -0.05) is 6.07 Å². The molecule has 1 amide bonds. The molecule has 1 aliphatic rings. The average molecular weight is 348 g/mol. The lowest BCUT2D eigenvalue weighted by molar-refractivity contribution is 0.0740. The van der Waals surface area contributed by atoms with Crippen LogP contribution in [0, 0.1) is 0 Å². The van der Waals surface area contributed by atoms with Gasteiger partial charge in [0.05, 0.1) is 6.20 Å². The summed E-state index contributed by atoms with van der Waals surface area (Å²) >= 11 is 3.29. The number of carbonyl (C=O) groups is 1. The lowest BCUT2D eigenvalue weighted by Gasteiger charge is -2.35. The van der Waals surface area contributed by atoms with Crippen LogP contribution in [0.1, 0.15) is 10.5 Å². The highest BCUT2D eigenvalue weighted by Crippen LogP contribution is 2.14. The number of pyridine rings is 1. The molecule has 0 saturated carbocycles. The molecule has 0 bridgehead atoms. The summed E-state index contributed by atoms with van der Waals surface area (Å²) in [5.41, 5.74) is 0.470. The van der Waals surface area contributed by atoms with Gasteiger partial charge in [0.15, 0.2) is 0 Å². The minimum Gasteiger partial charge on any atom is -0.352 e. The van der Waals surface area contributed by atoms with Crippen LogP contribution in [0.15, 0.2) is 41.4 Å². The van der Waals surface area contributed by atoms with E-state index < -0.39 is 0 Å². The number of rotatable bonds is 2. The highest BCUT2D eigenvalue weighted by Gasteiger charge is 2.23. The molecule has 0 aliphatic carbocycles. The summed E-state index contributed by atoms with van der Waals surface area (Å²) in [6, 6.07) is 5.37. The van der Waals surface area contributed by atoms with Crippen molar-refractivity contribution in [1.29, 1.82) is 0 Å². The van der Waals surface area contributed by atoms with Crippen LogP contribution in [0.5, 0.6) is 0 Å². The van der Waals surface area contributed by atoms with E-state index in [-0.39, 0.29) is 5.91 Å². The Bertz CT molecular complexity index is 628. The van der Waals surface area contributed by atoms with Gasteiger partial charge in [0, 0.05) is 38.6 Å². The Morgan fingerprint density at radius 2 is 1.95 bits per heavy atom. The van der Waals surface area contributed by atoms with E-state index in [2.05, 4.69) is 35.8 Å². The molecule has 6 nitrogen and oxygen atoms in total. The molecular weight excluding hydrogens is 334 g/mol. The molecule has 1 aliphatic heterocycles. The number of hydrogen-bond acceptors (Lipinski definition) is 5. The number of anilines is 1. The third-order valence-electron chi connectivity index (χ3n) is 3.37. The Kier molecular flexibility index (Phi) is 4.10. The number of hydrogen-bond donors (Lipinski definition) is 0. The second kappa shape index (κ2) is 6.17. The first-order chi connectivity index (χ1) is 10.2. The topological polar surface area (TPSA) is 62.2 Å². The summed E-state index contributed by atoms with van der Waals surface area (Å²) in [5, 5.41) is 0. The van der Waals surface area contributed by atoms with Crippen molar-refractivity contribution in [3.05, 3.63) is 47.1 Å². The number of carbonyl (C=O) groups excluding carboxylic acids is 1. The largest absolute Gasteiger partial charge is 0.352 e. The molecule has 2 aromatic rings. The minimum atomic E-state index is -0.0323. The van der Waals surface area contributed by atoms with Crippen LogP contribution in [0.25, 0.3) is 0 Å². The first-order valence-electron chi connectivity index (χ1n) is 6.67. The second-order valence-electron chi connectivity index (χ2n) is 4.69. The lowest BCUT2D eigenvalue weighted by Crippen LogP contribution is -2.49. The van der Waals surface area contributed by atoms with Gasteiger partial charge in [0.2, 0.25) is 0 Å². The normalized spacial score (nSPS) is 15.1. The molecule has 3 rings (SSSR count). The van der Waals surface area contributed by atoms with Crippen LogP contribution in [-0.4, -0.2) is 51.9 Å². The third-order valence-corrected chi connectivity index (χ3v) is 3.82. The van der Waals surface area contributed by atoms with Crippen LogP contribution in [0.3, 0.4) is 0 Å². The molecule has 1 fully saturated rings. The van der Waals surface area contributed by atoms with Gasteiger partial charge >= 0.3 is 0 Å². The predicted molar refractivity (Wildman–Crippen MR) is 82.1 cm³/mol. The van der Waals surface area contributed by atoms with Gasteiger partial charge in [0.25, 0.3) is 5.91 Å². The van der Waals surface area contributed by atoms with E-state index in [1.165, 1.54) is 0 Å². The molecule has 21 heavy (non-hydrogen) atoms. The van der Waals surface area contributed by atoms with Crippen molar-refractivity contribution in [1.82, 2.24) is 19.9 Å². The fraction of sp³-hybridized carbons (Fsp3) is 0.286. The highest BCUT2D eigenvalue weighted by molar-refractivity contribution is 9.10. The van der Waals surface area contributed by atoms with E-state index in [0.29, 0.717) is 23.4 Å². The molecule has 0 aromatic carbocycles. The summed E-state index contributed by atoms with van der Waals surface area (Å²) in [6.45, 7) is 2.81. The average Bonchev–Trinajstić information content (AvgIpc) is 2.55. The van der Waals surface area contributed by atoms with Crippen LogP contribution in [-0.2, 0) is 0 Å². The van der Waals surface area contributed by atoms with Crippen LogP contribution in [0.2, 0.25) is 0 Å². The van der Waals surface area contributed by atoms with Gasteiger partial charge in [-0.15, -0.1) is 0 Å². The van der Waals surface area contributed by atoms with Gasteiger partial charge < -0.3 is 9.80 Å². The maximum atomic E-state index is 12.4. The van der Waals surface area contributed by atoms with Gasteiger partial charge in [-0.2, -0.15) is 0 Å². The Labute approximate surface area is 131 Å². The van der Waals surface area contributed by atoms with E-state index in [0.717, 1.165) is 18.9 Å². The fourth-order valence-corrected chi connectivity index (χ4v) is 2.63. The molecule has 0 radical (unpaired) electrons. The molecule has 108 valence electrons. The van der Waals surface area contributed by atoms with Gasteiger partial charge in [-0.25, -0.2) is 9.97 Å². The molecule has 2 aromatic heterocycles. The van der Waals surface area contributed by atoms with E-state index >= 15 is 0 Å². The maximum Gasteiger partial charge on any atom is 0.272 e. The van der Waals surface area contributed by atoms with Gasteiger partial charge in [0.1, 0.15) is 16.1 Å². The quantitative estimate of drug-likeness (QED) is 0.772. The van der Waals surface area contributed by atoms with E-state index in [4.69, 9.17) is 0 Å². The summed E-state index contributed by atoms with van der Waals surface area (Å²) in [5.74, 6) is 0.820. The maximum absolute atomic E-state index is 12.4. The number of aromatic nitrogens is 3. The summed E-state index contributed by atoms with van der Waals surface area (Å²) in [4.78, 5) is 28.9. The standard InChI is InChI=1S/C14H14BrN5O/c15-12-3-1-2-11(18-12)14(21)20-8-6-19(7-9-20)13-10-16-4-5-17-13/h1-5,10H,6-9H2. The summed E-state index contributed by atoms with van der Waals surface area (Å²) in [7, 11) is 0. The van der Waals surface area contributed by atoms with Crippen molar-refractivity contribution in [2.75, 3.05) is 31.1 Å². The number of piperazine rings is 1. The van der Waals surface area contributed by atoms with Crippen molar-refractivity contribution in [3.8, 4) is 0 Å². The van der Waals surface area contributed by atoms with Crippen molar-refractivity contribution in [2.45, 2.75) is 0 Å². The van der Waals surface area contributed by atoms with Crippen molar-refractivity contribution in [2.24, 2.45) is 0 Å². The SMILES string of the molecule is O=C(c1cccc(Br)n1)N1CCN(c2cnccn2)CC1. The van der Waals surface area contributed by atoms with Crippen molar-refractivity contribution < 1.29 is 4.79 Å². The van der Waals surface area contributed by atoms with Crippen molar-refractivity contribution in [3.63, 3.8) is 0 Å². The summed E-state index contributed by atoms with van der Waals surface area (Å²) < 4.78 is 0.673. The fourth-order valence-electron chi connectivity index (χ4n) is 2.28. The zero-order chi connectivity index (χ0) is 14.7. The molecule has 0 atom stereocenters. The number of amides is 1. The Hall–Kier alpha value is -2.02. The molecule has 3 heterocycles. The van der Waals surface area contributed by atoms with Crippen LogP contribution in [0.4, 0.5) is 5.82 Å². The van der Waals surface area contributed by atoms with E-state index in [9.17, 15) is 4.79 Å². The molecule has 1 saturated heterocycles. The smallest absolute Gasteiger partial charge is 0.272 e. The monoisotopic (exact) mass is 347 g/mol. The summed E-state index contributed by atoms with van der Waals surface area (Å²) in [6.07, 6.45) is 5.08. The van der Waals surface area contributed by atoms with E-state index in [1.807, 2.05) is 17.0 Å². The van der Waals surface area contributed by atoms with E-state index in [1.54, 1.807) is 24.7 Å². The van der Waals surface area contributed by atoms with Crippen LogP contribution >= 0.6 is 15.9 Å². The Morgan fingerprint density at radius 3 is 2.62 bits per heavy atom. The first-order valence-corrected chi connectivity index (χ1v) is 7.46. The zero-order valence-electron chi connectivity index (χ0n) is 11.3. The second-order valence-corrected chi connectivity index (χ2v) is 5.50. The molecule has 7 heteroatoms. The van der Waals surface area contributed by atoms with Crippen molar-refractivity contribution >= 4 is 27.7 Å².